The van der Waals surface area contributed by atoms with Crippen LogP contribution in [0.4, 0.5) is 0 Å². The molecule has 0 atom stereocenters. The van der Waals surface area contributed by atoms with Crippen molar-refractivity contribution >= 4 is 17.7 Å². The maximum atomic E-state index is 12.1. The summed E-state index contributed by atoms with van der Waals surface area (Å²) in [5, 5.41) is 11.9. The molecule has 152 valence electrons. The van der Waals surface area contributed by atoms with Crippen LogP contribution in [0.1, 0.15) is 17.0 Å². The Labute approximate surface area is 174 Å². The minimum atomic E-state index is -0.0634. The Morgan fingerprint density at radius 2 is 1.90 bits per heavy atom. The quantitative estimate of drug-likeness (QED) is 0.544. The van der Waals surface area contributed by atoms with Crippen LogP contribution < -0.4 is 14.8 Å². The highest BCUT2D eigenvalue weighted by molar-refractivity contribution is 7.99. The molecule has 0 unspecified atom stereocenters. The van der Waals surface area contributed by atoms with Crippen LogP contribution in [0.25, 0.3) is 0 Å². The maximum absolute atomic E-state index is 12.1. The predicted octanol–water partition coefficient (Wildman–Crippen LogP) is 3.12. The van der Waals surface area contributed by atoms with E-state index >= 15 is 0 Å². The molecule has 1 aromatic heterocycles. The first-order chi connectivity index (χ1) is 14.1. The lowest BCUT2D eigenvalue weighted by molar-refractivity contribution is -0.118. The van der Waals surface area contributed by atoms with E-state index in [0.717, 1.165) is 22.6 Å². The molecular weight excluding hydrogens is 388 g/mol. The third-order valence-electron chi connectivity index (χ3n) is 4.36. The van der Waals surface area contributed by atoms with Gasteiger partial charge < -0.3 is 19.4 Å². The molecule has 1 heterocycles. The first-order valence-electron chi connectivity index (χ1n) is 9.16. The van der Waals surface area contributed by atoms with E-state index in [2.05, 4.69) is 15.5 Å². The molecule has 0 aliphatic rings. The van der Waals surface area contributed by atoms with Gasteiger partial charge in [0.25, 0.3) is 0 Å². The summed E-state index contributed by atoms with van der Waals surface area (Å²) in [6.45, 7) is 2.79. The molecule has 8 heteroatoms. The van der Waals surface area contributed by atoms with Crippen LogP contribution in [-0.2, 0) is 25.0 Å². The fraction of sp³-hybridized carbons (Fsp3) is 0.286. The number of amides is 1. The number of nitrogens with one attached hydrogen (secondary N) is 1. The van der Waals surface area contributed by atoms with Crippen molar-refractivity contribution in [3.63, 3.8) is 0 Å². The van der Waals surface area contributed by atoms with E-state index in [0.29, 0.717) is 24.1 Å². The Morgan fingerprint density at radius 1 is 1.14 bits per heavy atom. The standard InChI is InChI=1S/C21H24N4O3S/c1-15-6-4-5-7-18(15)28-13-19-23-24-21(25(19)2)29-14-20(26)22-12-16-8-10-17(27-3)11-9-16/h4-11H,12-14H2,1-3H3,(H,22,26). The van der Waals surface area contributed by atoms with E-state index in [1.54, 1.807) is 7.11 Å². The van der Waals surface area contributed by atoms with Gasteiger partial charge in [0.1, 0.15) is 18.1 Å². The van der Waals surface area contributed by atoms with Gasteiger partial charge in [-0.25, -0.2) is 0 Å². The van der Waals surface area contributed by atoms with Crippen molar-refractivity contribution in [1.82, 2.24) is 20.1 Å². The zero-order valence-corrected chi connectivity index (χ0v) is 17.5. The van der Waals surface area contributed by atoms with Crippen LogP contribution >= 0.6 is 11.8 Å². The number of carbonyl (C=O) groups is 1. The van der Waals surface area contributed by atoms with Crippen LogP contribution in [0.15, 0.2) is 53.7 Å². The molecule has 1 amide bonds. The smallest absolute Gasteiger partial charge is 0.230 e. The molecular formula is C21H24N4O3S. The monoisotopic (exact) mass is 412 g/mol. The van der Waals surface area contributed by atoms with Crippen LogP contribution in [0.3, 0.4) is 0 Å². The van der Waals surface area contributed by atoms with E-state index in [1.165, 1.54) is 11.8 Å². The Bertz CT molecular complexity index is 957. The van der Waals surface area contributed by atoms with Crippen molar-refractivity contribution in [2.45, 2.75) is 25.2 Å². The molecule has 0 saturated heterocycles. The number of methoxy groups -OCH3 is 1. The van der Waals surface area contributed by atoms with Gasteiger partial charge >= 0.3 is 0 Å². The third kappa shape index (κ3) is 5.74. The average Bonchev–Trinajstić information content (AvgIpc) is 3.10. The number of rotatable bonds is 9. The topological polar surface area (TPSA) is 78.3 Å². The van der Waals surface area contributed by atoms with E-state index in [9.17, 15) is 4.79 Å². The Hall–Kier alpha value is -3.00. The SMILES string of the molecule is COc1ccc(CNC(=O)CSc2nnc(COc3ccccc3C)n2C)cc1. The predicted molar refractivity (Wildman–Crippen MR) is 112 cm³/mol. The summed E-state index contributed by atoms with van der Waals surface area (Å²) in [6, 6.07) is 15.4. The fourth-order valence-electron chi connectivity index (χ4n) is 2.58. The molecule has 2 aromatic carbocycles. The van der Waals surface area contributed by atoms with Crippen molar-refractivity contribution in [2.75, 3.05) is 12.9 Å². The van der Waals surface area contributed by atoms with Gasteiger partial charge in [-0.05, 0) is 36.2 Å². The van der Waals surface area contributed by atoms with Gasteiger partial charge in [0, 0.05) is 13.6 Å². The first-order valence-corrected chi connectivity index (χ1v) is 10.1. The number of nitrogens with zero attached hydrogens (tertiary/aromatic N) is 3. The number of aromatic nitrogens is 3. The normalized spacial score (nSPS) is 10.6. The first kappa shape index (κ1) is 20.7. The number of hydrogen-bond acceptors (Lipinski definition) is 6. The van der Waals surface area contributed by atoms with Crippen molar-refractivity contribution < 1.29 is 14.3 Å². The van der Waals surface area contributed by atoms with Crippen LogP contribution in [0.5, 0.6) is 11.5 Å². The fourth-order valence-corrected chi connectivity index (χ4v) is 3.34. The molecule has 0 saturated carbocycles. The second kappa shape index (κ2) is 9.97. The average molecular weight is 413 g/mol. The number of thioether (sulfide) groups is 1. The second-order valence-corrected chi connectivity index (χ2v) is 7.37. The van der Waals surface area contributed by atoms with Crippen molar-refractivity contribution in [3.8, 4) is 11.5 Å². The van der Waals surface area contributed by atoms with Gasteiger partial charge in [0.15, 0.2) is 11.0 Å². The number of aryl methyl sites for hydroxylation is 1. The van der Waals surface area contributed by atoms with E-state index in [4.69, 9.17) is 9.47 Å². The summed E-state index contributed by atoms with van der Waals surface area (Å²) >= 11 is 1.34. The minimum Gasteiger partial charge on any atom is -0.497 e. The summed E-state index contributed by atoms with van der Waals surface area (Å²) < 4.78 is 12.8. The number of carbonyl (C=O) groups excluding carboxylic acids is 1. The summed E-state index contributed by atoms with van der Waals surface area (Å²) in [5.41, 5.74) is 2.08. The van der Waals surface area contributed by atoms with E-state index < -0.39 is 0 Å². The van der Waals surface area contributed by atoms with Gasteiger partial charge in [-0.1, -0.05) is 42.1 Å². The van der Waals surface area contributed by atoms with Crippen LogP contribution in [0.2, 0.25) is 0 Å². The number of ether oxygens (including phenoxy) is 2. The van der Waals surface area contributed by atoms with Gasteiger partial charge in [-0.3, -0.25) is 4.79 Å². The molecule has 0 bridgehead atoms. The highest BCUT2D eigenvalue weighted by atomic mass is 32.2. The summed E-state index contributed by atoms with van der Waals surface area (Å²) in [4.78, 5) is 12.1. The Morgan fingerprint density at radius 3 is 2.62 bits per heavy atom. The third-order valence-corrected chi connectivity index (χ3v) is 5.38. The van der Waals surface area contributed by atoms with Crippen molar-refractivity contribution in [1.29, 1.82) is 0 Å². The molecule has 29 heavy (non-hydrogen) atoms. The highest BCUT2D eigenvalue weighted by Crippen LogP contribution is 2.19. The van der Waals surface area contributed by atoms with Gasteiger partial charge in [0.05, 0.1) is 12.9 Å². The van der Waals surface area contributed by atoms with E-state index in [1.807, 2.05) is 67.1 Å². The van der Waals surface area contributed by atoms with Crippen molar-refractivity contribution in [2.24, 2.45) is 7.05 Å². The molecule has 0 spiro atoms. The van der Waals surface area contributed by atoms with Gasteiger partial charge in [-0.15, -0.1) is 10.2 Å². The zero-order chi connectivity index (χ0) is 20.6. The van der Waals surface area contributed by atoms with E-state index in [-0.39, 0.29) is 11.7 Å². The molecule has 7 nitrogen and oxygen atoms in total. The van der Waals surface area contributed by atoms with Crippen LogP contribution in [-0.4, -0.2) is 33.5 Å². The molecule has 0 aliphatic heterocycles. The molecule has 3 aromatic rings. The zero-order valence-electron chi connectivity index (χ0n) is 16.7. The second-order valence-electron chi connectivity index (χ2n) is 6.43. The number of benzene rings is 2. The number of hydrogen-bond donors (Lipinski definition) is 1. The minimum absolute atomic E-state index is 0.0634. The lowest BCUT2D eigenvalue weighted by atomic mass is 10.2. The molecule has 1 N–H and O–H groups in total. The molecule has 0 fully saturated rings. The number of para-hydroxylation sites is 1. The Balaban J connectivity index is 1.46. The maximum Gasteiger partial charge on any atom is 0.230 e. The van der Waals surface area contributed by atoms with Crippen LogP contribution in [0, 0.1) is 6.92 Å². The lowest BCUT2D eigenvalue weighted by Crippen LogP contribution is -2.24. The molecule has 0 aliphatic carbocycles. The van der Waals surface area contributed by atoms with Gasteiger partial charge in [-0.2, -0.15) is 0 Å². The summed E-state index contributed by atoms with van der Waals surface area (Å²) in [7, 11) is 3.49. The highest BCUT2D eigenvalue weighted by Gasteiger charge is 2.12. The molecule has 0 radical (unpaired) electrons. The largest absolute Gasteiger partial charge is 0.497 e. The molecule has 3 rings (SSSR count). The van der Waals surface area contributed by atoms with Gasteiger partial charge in [0.2, 0.25) is 5.91 Å². The lowest BCUT2D eigenvalue weighted by Gasteiger charge is -2.09. The summed E-state index contributed by atoms with van der Waals surface area (Å²) in [6.07, 6.45) is 0. The summed E-state index contributed by atoms with van der Waals surface area (Å²) in [5.74, 6) is 2.52. The van der Waals surface area contributed by atoms with Crippen molar-refractivity contribution in [3.05, 3.63) is 65.5 Å². The Kier molecular flexibility index (Phi) is 7.13.